The smallest absolute Gasteiger partial charge is 0.0542 e. The number of aliphatic hydroxyl groups is 1. The summed E-state index contributed by atoms with van der Waals surface area (Å²) in [6.45, 7) is 4.68. The maximum Gasteiger partial charge on any atom is 0.0542 e. The van der Waals surface area contributed by atoms with Crippen LogP contribution in [0.5, 0.6) is 0 Å². The van der Waals surface area contributed by atoms with Gasteiger partial charge in [-0.3, -0.25) is 0 Å². The summed E-state index contributed by atoms with van der Waals surface area (Å²) in [5.41, 5.74) is 0.518. The van der Waals surface area contributed by atoms with Gasteiger partial charge in [-0.1, -0.05) is 58.3 Å². The molecule has 17 heavy (non-hydrogen) atoms. The molecule has 2 nitrogen and oxygen atoms in total. The third-order valence-corrected chi connectivity index (χ3v) is 3.84. The summed E-state index contributed by atoms with van der Waals surface area (Å²) in [4.78, 5) is 0. The normalized spacial score (nSPS) is 18.0. The Kier molecular flexibility index (Phi) is 7.87. The van der Waals surface area contributed by atoms with Crippen LogP contribution in [0.2, 0.25) is 0 Å². The average Bonchev–Trinajstić information content (AvgIpc) is 2.29. The van der Waals surface area contributed by atoms with Crippen molar-refractivity contribution in [3.8, 4) is 0 Å². The molecule has 1 rings (SSSR count). The van der Waals surface area contributed by atoms with Crippen LogP contribution in [-0.2, 0) is 4.74 Å². The molecule has 0 atom stereocenters. The Hall–Kier alpha value is -0.0800. The monoisotopic (exact) mass is 242 g/mol. The molecule has 0 aromatic carbocycles. The summed E-state index contributed by atoms with van der Waals surface area (Å²) in [5.74, 6) is 0. The van der Waals surface area contributed by atoms with Crippen LogP contribution >= 0.6 is 0 Å². The summed E-state index contributed by atoms with van der Waals surface area (Å²) in [7, 11) is 0. The van der Waals surface area contributed by atoms with Gasteiger partial charge in [-0.2, -0.15) is 0 Å². The van der Waals surface area contributed by atoms with Crippen LogP contribution in [0, 0.1) is 5.41 Å². The molecule has 0 bridgehead atoms. The van der Waals surface area contributed by atoms with Crippen LogP contribution in [0.25, 0.3) is 0 Å². The molecule has 1 N–H and O–H groups in total. The van der Waals surface area contributed by atoms with E-state index >= 15 is 0 Å². The lowest BCUT2D eigenvalue weighted by Crippen LogP contribution is -2.39. The Balaban J connectivity index is 1.72. The van der Waals surface area contributed by atoms with Crippen LogP contribution in [0.15, 0.2) is 0 Å². The molecule has 0 aromatic rings. The molecule has 0 saturated carbocycles. The fourth-order valence-corrected chi connectivity index (χ4v) is 2.50. The molecule has 1 heterocycles. The highest BCUT2D eigenvalue weighted by Gasteiger charge is 2.32. The zero-order valence-electron chi connectivity index (χ0n) is 11.5. The summed E-state index contributed by atoms with van der Waals surface area (Å²) in [6, 6.07) is 0. The van der Waals surface area contributed by atoms with E-state index in [9.17, 15) is 0 Å². The predicted molar refractivity (Wildman–Crippen MR) is 72.2 cm³/mol. The Labute approximate surface area is 107 Å². The van der Waals surface area contributed by atoms with Crippen molar-refractivity contribution in [3.05, 3.63) is 0 Å². The van der Waals surface area contributed by atoms with Crippen molar-refractivity contribution in [1.29, 1.82) is 0 Å². The molecular weight excluding hydrogens is 212 g/mol. The molecule has 1 aliphatic heterocycles. The fraction of sp³-hybridized carbons (Fsp3) is 1.00. The van der Waals surface area contributed by atoms with Gasteiger partial charge in [0.05, 0.1) is 13.2 Å². The lowest BCUT2D eigenvalue weighted by molar-refractivity contribution is -0.106. The molecule has 0 aliphatic carbocycles. The standard InChI is InChI=1S/C15H30O2/c1-15(13-17-14-15)11-9-7-5-3-2-4-6-8-10-12-16/h16H,2-14H2,1H3. The van der Waals surface area contributed by atoms with E-state index in [0.717, 1.165) is 19.6 Å². The number of ether oxygens (including phenoxy) is 1. The summed E-state index contributed by atoms with van der Waals surface area (Å²) >= 11 is 0. The molecule has 2 heteroatoms. The molecule has 0 amide bonds. The predicted octanol–water partition coefficient (Wildman–Crippen LogP) is 3.92. The molecule has 1 saturated heterocycles. The number of rotatable bonds is 11. The first-order valence-electron chi connectivity index (χ1n) is 7.45. The van der Waals surface area contributed by atoms with Gasteiger partial charge in [0.25, 0.3) is 0 Å². The molecule has 0 spiro atoms. The third-order valence-electron chi connectivity index (χ3n) is 3.84. The van der Waals surface area contributed by atoms with Crippen molar-refractivity contribution in [3.63, 3.8) is 0 Å². The molecule has 102 valence electrons. The van der Waals surface area contributed by atoms with Crippen molar-refractivity contribution >= 4 is 0 Å². The van der Waals surface area contributed by atoms with E-state index < -0.39 is 0 Å². The van der Waals surface area contributed by atoms with Crippen LogP contribution in [0.3, 0.4) is 0 Å². The largest absolute Gasteiger partial charge is 0.396 e. The van der Waals surface area contributed by atoms with Crippen LogP contribution in [0.4, 0.5) is 0 Å². The summed E-state index contributed by atoms with van der Waals surface area (Å²) in [6.07, 6.45) is 13.1. The SMILES string of the molecule is CC1(CCCCCCCCCCCO)COC1. The molecular formula is C15H30O2. The van der Waals surface area contributed by atoms with Gasteiger partial charge < -0.3 is 9.84 Å². The van der Waals surface area contributed by atoms with Gasteiger partial charge in [0.1, 0.15) is 0 Å². The van der Waals surface area contributed by atoms with E-state index in [1.54, 1.807) is 0 Å². The summed E-state index contributed by atoms with van der Waals surface area (Å²) < 4.78 is 5.26. The lowest BCUT2D eigenvalue weighted by Gasteiger charge is -2.38. The fourth-order valence-electron chi connectivity index (χ4n) is 2.50. The van der Waals surface area contributed by atoms with E-state index in [4.69, 9.17) is 9.84 Å². The number of aliphatic hydroxyl groups excluding tert-OH is 1. The Morgan fingerprint density at radius 3 is 1.71 bits per heavy atom. The maximum absolute atomic E-state index is 8.65. The highest BCUT2D eigenvalue weighted by molar-refractivity contribution is 4.80. The quantitative estimate of drug-likeness (QED) is 0.556. The first-order chi connectivity index (χ1) is 8.27. The topological polar surface area (TPSA) is 29.5 Å². The molecule has 1 fully saturated rings. The lowest BCUT2D eigenvalue weighted by atomic mass is 9.83. The van der Waals surface area contributed by atoms with E-state index in [0.29, 0.717) is 12.0 Å². The van der Waals surface area contributed by atoms with Crippen LogP contribution in [-0.4, -0.2) is 24.9 Å². The van der Waals surface area contributed by atoms with Gasteiger partial charge in [-0.15, -0.1) is 0 Å². The van der Waals surface area contributed by atoms with Crippen molar-refractivity contribution in [2.24, 2.45) is 5.41 Å². The maximum atomic E-state index is 8.65. The molecule has 1 aliphatic rings. The van der Waals surface area contributed by atoms with Crippen LogP contribution < -0.4 is 0 Å². The van der Waals surface area contributed by atoms with Crippen LogP contribution in [0.1, 0.15) is 71.1 Å². The van der Waals surface area contributed by atoms with Gasteiger partial charge in [0.15, 0.2) is 0 Å². The van der Waals surface area contributed by atoms with Gasteiger partial charge in [0.2, 0.25) is 0 Å². The Bertz CT molecular complexity index is 176. The first kappa shape index (κ1) is 15.0. The zero-order valence-corrected chi connectivity index (χ0v) is 11.5. The third kappa shape index (κ3) is 7.05. The second kappa shape index (κ2) is 8.93. The van der Waals surface area contributed by atoms with Crippen molar-refractivity contribution < 1.29 is 9.84 Å². The number of hydrogen-bond donors (Lipinski definition) is 1. The molecule has 0 aromatic heterocycles. The summed E-state index contributed by atoms with van der Waals surface area (Å²) in [5, 5.41) is 8.65. The van der Waals surface area contributed by atoms with E-state index in [2.05, 4.69) is 6.92 Å². The highest BCUT2D eigenvalue weighted by atomic mass is 16.5. The van der Waals surface area contributed by atoms with Gasteiger partial charge in [-0.05, 0) is 12.8 Å². The van der Waals surface area contributed by atoms with Gasteiger partial charge in [0, 0.05) is 12.0 Å². The minimum absolute atomic E-state index is 0.364. The van der Waals surface area contributed by atoms with E-state index in [1.165, 1.54) is 57.8 Å². The second-order valence-corrected chi connectivity index (χ2v) is 5.96. The van der Waals surface area contributed by atoms with Gasteiger partial charge in [-0.25, -0.2) is 0 Å². The Morgan fingerprint density at radius 2 is 1.29 bits per heavy atom. The van der Waals surface area contributed by atoms with E-state index in [-0.39, 0.29) is 0 Å². The first-order valence-corrected chi connectivity index (χ1v) is 7.45. The molecule has 0 radical (unpaired) electrons. The highest BCUT2D eigenvalue weighted by Crippen LogP contribution is 2.32. The zero-order chi connectivity index (χ0) is 12.4. The second-order valence-electron chi connectivity index (χ2n) is 5.96. The minimum Gasteiger partial charge on any atom is -0.396 e. The number of unbranched alkanes of at least 4 members (excludes halogenated alkanes) is 8. The Morgan fingerprint density at radius 1 is 0.824 bits per heavy atom. The van der Waals surface area contributed by atoms with Crippen molar-refractivity contribution in [1.82, 2.24) is 0 Å². The number of hydrogen-bond acceptors (Lipinski definition) is 2. The average molecular weight is 242 g/mol. The minimum atomic E-state index is 0.364. The molecule has 0 unspecified atom stereocenters. The van der Waals surface area contributed by atoms with Crippen molar-refractivity contribution in [2.45, 2.75) is 71.1 Å². The van der Waals surface area contributed by atoms with E-state index in [1.807, 2.05) is 0 Å². The van der Waals surface area contributed by atoms with Crippen molar-refractivity contribution in [2.75, 3.05) is 19.8 Å². The van der Waals surface area contributed by atoms with Gasteiger partial charge >= 0.3 is 0 Å².